The van der Waals surface area contributed by atoms with Gasteiger partial charge in [-0.25, -0.2) is 0 Å². The van der Waals surface area contributed by atoms with Gasteiger partial charge in [-0.2, -0.15) is 5.26 Å². The topological polar surface area (TPSA) is 53.3 Å². The molecule has 0 fully saturated rings. The molecule has 0 N–H and O–H groups in total. The second-order valence-electron chi connectivity index (χ2n) is 3.82. The summed E-state index contributed by atoms with van der Waals surface area (Å²) in [5.74, 6) is -0.250. The van der Waals surface area contributed by atoms with E-state index in [1.807, 2.05) is 6.07 Å². The molecule has 0 unspecified atom stereocenters. The molecule has 0 saturated heterocycles. The fourth-order valence-corrected chi connectivity index (χ4v) is 1.90. The molecule has 0 bridgehead atoms. The van der Waals surface area contributed by atoms with E-state index >= 15 is 0 Å². The summed E-state index contributed by atoms with van der Waals surface area (Å²) in [6.07, 6.45) is 0.258. The highest BCUT2D eigenvalue weighted by atomic mass is 35.5. The van der Waals surface area contributed by atoms with Gasteiger partial charge in [-0.05, 0) is 18.2 Å². The largest absolute Gasteiger partial charge is 0.383 e. The van der Waals surface area contributed by atoms with Crippen molar-refractivity contribution in [1.29, 1.82) is 5.26 Å². The van der Waals surface area contributed by atoms with Crippen LogP contribution in [0.2, 0.25) is 10.0 Å². The zero-order chi connectivity index (χ0) is 14.3. The van der Waals surface area contributed by atoms with Crippen LogP contribution in [0.5, 0.6) is 0 Å². The highest BCUT2D eigenvalue weighted by Crippen LogP contribution is 2.22. The third-order valence-corrected chi connectivity index (χ3v) is 3.07. The first-order valence-corrected chi connectivity index (χ1v) is 6.46. The van der Waals surface area contributed by atoms with Crippen LogP contribution in [0.25, 0.3) is 0 Å². The number of ether oxygens (including phenoxy) is 1. The summed E-state index contributed by atoms with van der Waals surface area (Å²) in [5, 5.41) is 9.41. The van der Waals surface area contributed by atoms with E-state index in [-0.39, 0.29) is 12.3 Å². The van der Waals surface area contributed by atoms with Crippen LogP contribution < -0.4 is 0 Å². The first-order valence-electron chi connectivity index (χ1n) is 5.70. The molecule has 0 aliphatic rings. The molecule has 1 aromatic rings. The lowest BCUT2D eigenvalue weighted by molar-refractivity contribution is 0.0700. The SMILES string of the molecule is COCCN(CCC#N)C(=O)c1cc(Cl)ccc1Cl. The van der Waals surface area contributed by atoms with Gasteiger partial charge in [0.1, 0.15) is 0 Å². The molecule has 6 heteroatoms. The Bertz CT molecular complexity index is 486. The average Bonchev–Trinajstić information content (AvgIpc) is 2.41. The van der Waals surface area contributed by atoms with E-state index < -0.39 is 0 Å². The molecule has 0 aromatic heterocycles. The summed E-state index contributed by atoms with van der Waals surface area (Å²) >= 11 is 11.9. The van der Waals surface area contributed by atoms with Gasteiger partial charge in [0.05, 0.1) is 29.7 Å². The molecule has 102 valence electrons. The maximum Gasteiger partial charge on any atom is 0.255 e. The number of nitriles is 1. The van der Waals surface area contributed by atoms with E-state index in [0.29, 0.717) is 35.3 Å². The first kappa shape index (κ1) is 15.8. The van der Waals surface area contributed by atoms with Crippen LogP contribution >= 0.6 is 23.2 Å². The number of rotatable bonds is 6. The van der Waals surface area contributed by atoms with Gasteiger partial charge in [0.2, 0.25) is 0 Å². The van der Waals surface area contributed by atoms with E-state index in [2.05, 4.69) is 0 Å². The number of halogens is 2. The van der Waals surface area contributed by atoms with Crippen molar-refractivity contribution in [1.82, 2.24) is 4.90 Å². The molecule has 0 atom stereocenters. The number of nitrogens with zero attached hydrogens (tertiary/aromatic N) is 2. The second-order valence-corrected chi connectivity index (χ2v) is 4.66. The van der Waals surface area contributed by atoms with Crippen molar-refractivity contribution < 1.29 is 9.53 Å². The Morgan fingerprint density at radius 1 is 1.42 bits per heavy atom. The molecule has 1 rings (SSSR count). The number of hydrogen-bond donors (Lipinski definition) is 0. The maximum atomic E-state index is 12.3. The standard InChI is InChI=1S/C13H14Cl2N2O2/c1-19-8-7-17(6-2-5-16)13(18)11-9-10(14)3-4-12(11)15/h3-4,9H,2,6-8H2,1H3. The highest BCUT2D eigenvalue weighted by molar-refractivity contribution is 6.35. The summed E-state index contributed by atoms with van der Waals surface area (Å²) in [6.45, 7) is 1.14. The van der Waals surface area contributed by atoms with Gasteiger partial charge in [0.15, 0.2) is 0 Å². The van der Waals surface area contributed by atoms with E-state index in [1.54, 1.807) is 19.2 Å². The van der Waals surface area contributed by atoms with Gasteiger partial charge in [0.25, 0.3) is 5.91 Å². The number of methoxy groups -OCH3 is 1. The summed E-state index contributed by atoms with van der Waals surface area (Å²) < 4.78 is 4.96. The van der Waals surface area contributed by atoms with E-state index in [0.717, 1.165) is 0 Å². The van der Waals surface area contributed by atoms with Gasteiger partial charge in [0, 0.05) is 25.2 Å². The fraction of sp³-hybridized carbons (Fsp3) is 0.385. The van der Waals surface area contributed by atoms with Gasteiger partial charge < -0.3 is 9.64 Å². The fourth-order valence-electron chi connectivity index (χ4n) is 1.53. The van der Waals surface area contributed by atoms with Crippen molar-refractivity contribution in [3.8, 4) is 6.07 Å². The third kappa shape index (κ3) is 4.71. The predicted molar refractivity (Wildman–Crippen MR) is 74.5 cm³/mol. The number of benzene rings is 1. The lowest BCUT2D eigenvalue weighted by atomic mass is 10.2. The van der Waals surface area contributed by atoms with Crippen LogP contribution in [0, 0.1) is 11.3 Å². The minimum atomic E-state index is -0.250. The summed E-state index contributed by atoms with van der Waals surface area (Å²) in [6, 6.07) is 6.74. The Morgan fingerprint density at radius 3 is 2.79 bits per heavy atom. The van der Waals surface area contributed by atoms with E-state index in [1.165, 1.54) is 11.0 Å². The molecule has 0 aliphatic heterocycles. The van der Waals surface area contributed by atoms with Gasteiger partial charge in [-0.3, -0.25) is 4.79 Å². The number of carbonyl (C=O) groups excluding carboxylic acids is 1. The van der Waals surface area contributed by atoms with E-state index in [9.17, 15) is 4.79 Å². The van der Waals surface area contributed by atoms with Crippen molar-refractivity contribution in [2.45, 2.75) is 6.42 Å². The molecule has 0 radical (unpaired) electrons. The number of hydrogen-bond acceptors (Lipinski definition) is 3. The van der Waals surface area contributed by atoms with Crippen LogP contribution in [0.4, 0.5) is 0 Å². The van der Waals surface area contributed by atoms with Crippen molar-refractivity contribution in [3.05, 3.63) is 33.8 Å². The van der Waals surface area contributed by atoms with Crippen LogP contribution in [0.15, 0.2) is 18.2 Å². The molecule has 19 heavy (non-hydrogen) atoms. The van der Waals surface area contributed by atoms with Crippen molar-refractivity contribution in [2.75, 3.05) is 26.8 Å². The molecule has 0 saturated carbocycles. The summed E-state index contributed by atoms with van der Waals surface area (Å²) in [4.78, 5) is 13.9. The number of amides is 1. The lowest BCUT2D eigenvalue weighted by Gasteiger charge is -2.21. The summed E-state index contributed by atoms with van der Waals surface area (Å²) in [7, 11) is 1.55. The quantitative estimate of drug-likeness (QED) is 0.811. The van der Waals surface area contributed by atoms with Gasteiger partial charge >= 0.3 is 0 Å². The molecule has 0 aliphatic carbocycles. The highest BCUT2D eigenvalue weighted by Gasteiger charge is 2.18. The Hall–Kier alpha value is -1.28. The smallest absolute Gasteiger partial charge is 0.255 e. The minimum absolute atomic E-state index is 0.250. The predicted octanol–water partition coefficient (Wildman–Crippen LogP) is 3.00. The molecule has 1 amide bonds. The first-order chi connectivity index (χ1) is 9.10. The van der Waals surface area contributed by atoms with Crippen LogP contribution in [-0.2, 0) is 4.74 Å². The third-order valence-electron chi connectivity index (χ3n) is 2.50. The molecule has 4 nitrogen and oxygen atoms in total. The van der Waals surface area contributed by atoms with Crippen LogP contribution in [0.1, 0.15) is 16.8 Å². The average molecular weight is 301 g/mol. The molecule has 1 aromatic carbocycles. The monoisotopic (exact) mass is 300 g/mol. The van der Waals surface area contributed by atoms with Gasteiger partial charge in [-0.1, -0.05) is 23.2 Å². The Balaban J connectivity index is 2.91. The zero-order valence-corrected chi connectivity index (χ0v) is 12.0. The minimum Gasteiger partial charge on any atom is -0.383 e. The molecule has 0 spiro atoms. The Kier molecular flexibility index (Phi) is 6.65. The second kappa shape index (κ2) is 8.00. The van der Waals surface area contributed by atoms with E-state index in [4.69, 9.17) is 33.2 Å². The van der Waals surface area contributed by atoms with Crippen molar-refractivity contribution in [3.63, 3.8) is 0 Å². The molecular formula is C13H14Cl2N2O2. The Morgan fingerprint density at radius 2 is 2.16 bits per heavy atom. The molecular weight excluding hydrogens is 287 g/mol. The molecule has 0 heterocycles. The van der Waals surface area contributed by atoms with Crippen LogP contribution in [-0.4, -0.2) is 37.6 Å². The number of carbonyl (C=O) groups is 1. The maximum absolute atomic E-state index is 12.3. The van der Waals surface area contributed by atoms with Crippen molar-refractivity contribution in [2.24, 2.45) is 0 Å². The van der Waals surface area contributed by atoms with Crippen molar-refractivity contribution >= 4 is 29.1 Å². The lowest BCUT2D eigenvalue weighted by Crippen LogP contribution is -2.34. The Labute approximate surface area is 122 Å². The van der Waals surface area contributed by atoms with Gasteiger partial charge in [-0.15, -0.1) is 0 Å². The van der Waals surface area contributed by atoms with Crippen LogP contribution in [0.3, 0.4) is 0 Å². The zero-order valence-electron chi connectivity index (χ0n) is 10.5. The normalized spacial score (nSPS) is 10.0. The summed E-state index contributed by atoms with van der Waals surface area (Å²) in [5.41, 5.74) is 0.336.